The van der Waals surface area contributed by atoms with E-state index in [9.17, 15) is 23.1 Å². The highest BCUT2D eigenvalue weighted by Gasteiger charge is 2.33. The number of amides is 1. The van der Waals surface area contributed by atoms with Crippen molar-refractivity contribution in [2.45, 2.75) is 19.0 Å². The predicted molar refractivity (Wildman–Crippen MR) is 84.2 cm³/mol. The molecular formula is C16H13BrF3NO2. The quantitative estimate of drug-likeness (QED) is 0.795. The molecular weight excluding hydrogens is 375 g/mol. The summed E-state index contributed by atoms with van der Waals surface area (Å²) in [6, 6.07) is 10.1. The van der Waals surface area contributed by atoms with Gasteiger partial charge in [0.25, 0.3) is 0 Å². The molecule has 2 aromatic carbocycles. The maximum absolute atomic E-state index is 12.8. The van der Waals surface area contributed by atoms with Crippen molar-refractivity contribution >= 4 is 27.5 Å². The fraction of sp³-hybridized carbons (Fsp3) is 0.188. The first-order valence-electron chi connectivity index (χ1n) is 6.71. The van der Waals surface area contributed by atoms with E-state index in [0.717, 1.165) is 6.07 Å². The summed E-state index contributed by atoms with van der Waals surface area (Å²) in [5, 5.41) is 12.0. The Morgan fingerprint density at radius 1 is 1.17 bits per heavy atom. The van der Waals surface area contributed by atoms with Gasteiger partial charge in [0.1, 0.15) is 5.75 Å². The molecule has 0 heterocycles. The Labute approximate surface area is 139 Å². The molecule has 0 aliphatic heterocycles. The third-order valence-electron chi connectivity index (χ3n) is 3.17. The lowest BCUT2D eigenvalue weighted by atomic mass is 10.1. The van der Waals surface area contributed by atoms with Gasteiger partial charge < -0.3 is 10.4 Å². The molecule has 7 heteroatoms. The Hall–Kier alpha value is -2.02. The monoisotopic (exact) mass is 387 g/mol. The Kier molecular flexibility index (Phi) is 5.30. The number of benzene rings is 2. The number of phenolic OH excluding ortho intramolecular Hbond substituents is 1. The molecule has 0 fully saturated rings. The van der Waals surface area contributed by atoms with Crippen LogP contribution < -0.4 is 5.32 Å². The lowest BCUT2D eigenvalue weighted by Gasteiger charge is -2.12. The van der Waals surface area contributed by atoms with Crippen LogP contribution in [-0.4, -0.2) is 11.0 Å². The molecule has 0 atom stereocenters. The molecule has 0 aromatic heterocycles. The first-order chi connectivity index (χ1) is 10.8. The molecule has 0 aliphatic rings. The molecule has 0 spiro atoms. The van der Waals surface area contributed by atoms with Crippen LogP contribution in [0.4, 0.5) is 18.9 Å². The van der Waals surface area contributed by atoms with Crippen molar-refractivity contribution in [3.63, 3.8) is 0 Å². The van der Waals surface area contributed by atoms with Crippen molar-refractivity contribution in [3.05, 3.63) is 58.1 Å². The topological polar surface area (TPSA) is 49.3 Å². The zero-order chi connectivity index (χ0) is 17.0. The highest BCUT2D eigenvalue weighted by molar-refractivity contribution is 9.10. The summed E-state index contributed by atoms with van der Waals surface area (Å²) in [4.78, 5) is 11.9. The van der Waals surface area contributed by atoms with E-state index < -0.39 is 17.6 Å². The van der Waals surface area contributed by atoms with Crippen LogP contribution in [0.15, 0.2) is 46.9 Å². The highest BCUT2D eigenvalue weighted by Crippen LogP contribution is 2.36. The molecule has 23 heavy (non-hydrogen) atoms. The Morgan fingerprint density at radius 2 is 1.87 bits per heavy atom. The minimum Gasteiger partial charge on any atom is -0.508 e. The van der Waals surface area contributed by atoms with Crippen molar-refractivity contribution < 1.29 is 23.1 Å². The number of rotatable bonds is 4. The fourth-order valence-corrected chi connectivity index (χ4v) is 2.49. The van der Waals surface area contributed by atoms with E-state index in [1.54, 1.807) is 18.2 Å². The lowest BCUT2D eigenvalue weighted by Crippen LogP contribution is -2.14. The van der Waals surface area contributed by atoms with Crippen LogP contribution in [0.2, 0.25) is 0 Å². The second-order valence-corrected chi connectivity index (χ2v) is 5.72. The van der Waals surface area contributed by atoms with Gasteiger partial charge >= 0.3 is 6.18 Å². The maximum Gasteiger partial charge on any atom is 0.417 e. The van der Waals surface area contributed by atoms with Crippen LogP contribution >= 0.6 is 15.9 Å². The molecule has 3 nitrogen and oxygen atoms in total. The summed E-state index contributed by atoms with van der Waals surface area (Å²) < 4.78 is 38.3. The Bertz CT molecular complexity index is 717. The second-order valence-electron chi connectivity index (χ2n) is 4.87. The number of nitrogens with one attached hydrogen (secondary N) is 1. The van der Waals surface area contributed by atoms with Gasteiger partial charge in [-0.15, -0.1) is 0 Å². The van der Waals surface area contributed by atoms with Gasteiger partial charge in [0.15, 0.2) is 0 Å². The Morgan fingerprint density at radius 3 is 2.52 bits per heavy atom. The number of para-hydroxylation sites is 1. The van der Waals surface area contributed by atoms with Crippen LogP contribution in [0.25, 0.3) is 0 Å². The van der Waals surface area contributed by atoms with Crippen molar-refractivity contribution in [1.29, 1.82) is 0 Å². The van der Waals surface area contributed by atoms with Gasteiger partial charge in [-0.25, -0.2) is 0 Å². The summed E-state index contributed by atoms with van der Waals surface area (Å²) >= 11 is 2.84. The number of aryl methyl sites for hydroxylation is 1. The standard InChI is InChI=1S/C16H13BrF3NO2/c17-13-7-6-11(9-12(13)16(18,19)20)21-15(23)8-5-10-3-1-2-4-14(10)22/h1-4,6-7,9,22H,5,8H2,(H,21,23). The molecule has 122 valence electrons. The zero-order valence-corrected chi connectivity index (χ0v) is 13.4. The highest BCUT2D eigenvalue weighted by atomic mass is 79.9. The number of carbonyl (C=O) groups is 1. The second kappa shape index (κ2) is 7.04. The number of phenols is 1. The van der Waals surface area contributed by atoms with E-state index >= 15 is 0 Å². The van der Waals surface area contributed by atoms with Crippen LogP contribution in [0, 0.1) is 0 Å². The predicted octanol–water partition coefficient (Wildman–Crippen LogP) is 4.74. The van der Waals surface area contributed by atoms with Crippen LogP contribution in [0.3, 0.4) is 0 Å². The van der Waals surface area contributed by atoms with E-state index in [2.05, 4.69) is 21.2 Å². The van der Waals surface area contributed by atoms with Crippen LogP contribution in [-0.2, 0) is 17.4 Å². The summed E-state index contributed by atoms with van der Waals surface area (Å²) in [7, 11) is 0. The van der Waals surface area contributed by atoms with Crippen molar-refractivity contribution in [3.8, 4) is 5.75 Å². The first-order valence-corrected chi connectivity index (χ1v) is 7.50. The van der Waals surface area contributed by atoms with E-state index in [1.165, 1.54) is 18.2 Å². The third-order valence-corrected chi connectivity index (χ3v) is 3.86. The molecule has 0 unspecified atom stereocenters. The van der Waals surface area contributed by atoms with E-state index in [4.69, 9.17) is 0 Å². The molecule has 2 aromatic rings. The van der Waals surface area contributed by atoms with Crippen LogP contribution in [0.1, 0.15) is 17.5 Å². The third kappa shape index (κ3) is 4.72. The van der Waals surface area contributed by atoms with Gasteiger partial charge in [-0.2, -0.15) is 13.2 Å². The van der Waals surface area contributed by atoms with Gasteiger partial charge in [-0.3, -0.25) is 4.79 Å². The number of halogens is 4. The summed E-state index contributed by atoms with van der Waals surface area (Å²) in [6.07, 6.45) is -4.16. The van der Waals surface area contributed by atoms with Gasteiger partial charge in [0.2, 0.25) is 5.91 Å². The van der Waals surface area contributed by atoms with E-state index in [0.29, 0.717) is 12.0 Å². The smallest absolute Gasteiger partial charge is 0.417 e. The minimum absolute atomic E-state index is 0.0506. The van der Waals surface area contributed by atoms with Crippen molar-refractivity contribution in [1.82, 2.24) is 0 Å². The number of alkyl halides is 3. The molecule has 0 radical (unpaired) electrons. The SMILES string of the molecule is O=C(CCc1ccccc1O)Nc1ccc(Br)c(C(F)(F)F)c1. The van der Waals surface area contributed by atoms with E-state index in [-0.39, 0.29) is 22.3 Å². The van der Waals surface area contributed by atoms with Gasteiger partial charge in [-0.05, 0) is 36.2 Å². The summed E-state index contributed by atoms with van der Waals surface area (Å²) in [6.45, 7) is 0. The molecule has 2 rings (SSSR count). The Balaban J connectivity index is 2.02. The van der Waals surface area contributed by atoms with Gasteiger partial charge in [0.05, 0.1) is 5.56 Å². The van der Waals surface area contributed by atoms with Gasteiger partial charge in [0, 0.05) is 16.6 Å². The van der Waals surface area contributed by atoms with Crippen molar-refractivity contribution in [2.24, 2.45) is 0 Å². The van der Waals surface area contributed by atoms with Crippen molar-refractivity contribution in [2.75, 3.05) is 5.32 Å². The maximum atomic E-state index is 12.8. The number of carbonyl (C=O) groups excluding carboxylic acids is 1. The zero-order valence-electron chi connectivity index (χ0n) is 11.8. The van der Waals surface area contributed by atoms with E-state index in [1.807, 2.05) is 0 Å². The number of hydrogen-bond donors (Lipinski definition) is 2. The molecule has 0 bridgehead atoms. The summed E-state index contributed by atoms with van der Waals surface area (Å²) in [5.41, 5.74) is -0.173. The number of hydrogen-bond acceptors (Lipinski definition) is 2. The molecule has 0 saturated carbocycles. The molecule has 0 saturated heterocycles. The van der Waals surface area contributed by atoms with Crippen LogP contribution in [0.5, 0.6) is 5.75 Å². The largest absolute Gasteiger partial charge is 0.508 e. The minimum atomic E-state index is -4.50. The summed E-state index contributed by atoms with van der Waals surface area (Å²) in [5.74, 6) is -0.341. The molecule has 0 aliphatic carbocycles. The lowest BCUT2D eigenvalue weighted by molar-refractivity contribution is -0.138. The fourth-order valence-electron chi connectivity index (χ4n) is 2.01. The first kappa shape index (κ1) is 17.3. The average Bonchev–Trinajstić information content (AvgIpc) is 2.47. The number of anilines is 1. The normalized spacial score (nSPS) is 11.3. The average molecular weight is 388 g/mol. The molecule has 1 amide bonds. The molecule has 2 N–H and O–H groups in total. The van der Waals surface area contributed by atoms with Gasteiger partial charge in [-0.1, -0.05) is 34.1 Å². The number of aromatic hydroxyl groups is 1.